The number of fused-ring (bicyclic) bond motifs is 1. The summed E-state index contributed by atoms with van der Waals surface area (Å²) >= 11 is 0. The van der Waals surface area contributed by atoms with E-state index < -0.39 is 42.3 Å². The van der Waals surface area contributed by atoms with E-state index in [9.17, 15) is 19.2 Å². The first-order valence-corrected chi connectivity index (χ1v) is 11.3. The van der Waals surface area contributed by atoms with Crippen LogP contribution in [0, 0.1) is 0 Å². The first-order chi connectivity index (χ1) is 16.9. The van der Waals surface area contributed by atoms with E-state index in [0.717, 1.165) is 16.3 Å². The molecular weight excluding hydrogens is 454 g/mol. The van der Waals surface area contributed by atoms with Crippen molar-refractivity contribution in [1.29, 1.82) is 0 Å². The van der Waals surface area contributed by atoms with Crippen LogP contribution in [-0.2, 0) is 35.2 Å². The van der Waals surface area contributed by atoms with Crippen LogP contribution in [-0.4, -0.2) is 80.8 Å². The molecule has 1 aliphatic rings. The number of carbonyl (C=O) groups excluding carboxylic acids is 4. The predicted octanol–water partition coefficient (Wildman–Crippen LogP) is -0.763. The average Bonchev–Trinajstić information content (AvgIpc) is 2.85. The predicted molar refractivity (Wildman–Crippen MR) is 128 cm³/mol. The van der Waals surface area contributed by atoms with Crippen LogP contribution in [0.4, 0.5) is 0 Å². The molecule has 5 N–H and O–H groups in total. The molecule has 2 atom stereocenters. The normalized spacial score (nSPS) is 15.7. The number of hydrogen-bond acceptors (Lipinski definition) is 7. The Balaban J connectivity index is 1.58. The number of methoxy groups -OCH3 is 1. The Kier molecular flexibility index (Phi) is 9.53. The molecule has 1 fully saturated rings. The lowest BCUT2D eigenvalue weighted by atomic mass is 10.0. The number of carbonyl (C=O) groups is 4. The molecule has 1 heterocycles. The zero-order chi connectivity index (χ0) is 25.2. The quantitative estimate of drug-likeness (QED) is 0.305. The first-order valence-electron chi connectivity index (χ1n) is 11.3. The fourth-order valence-electron chi connectivity index (χ4n) is 3.80. The molecule has 4 amide bonds. The summed E-state index contributed by atoms with van der Waals surface area (Å²) in [5.74, 6) is -2.55. The topological polar surface area (TPSA) is 152 Å². The van der Waals surface area contributed by atoms with Gasteiger partial charge in [-0.05, 0) is 16.3 Å². The van der Waals surface area contributed by atoms with Gasteiger partial charge in [0.25, 0.3) is 5.91 Å². The van der Waals surface area contributed by atoms with Crippen molar-refractivity contribution in [2.75, 3.05) is 40.0 Å². The lowest BCUT2D eigenvalue weighted by Gasteiger charge is -2.27. The standard InChI is InChI=1S/C24H31N5O6/c1-34-24(23(33)26-14-17-7-4-6-16-5-2-3-8-18(16)17)28-22(32)19(13-20(25)30)27-21(31)15-29-9-11-35-12-10-29/h2-8,19,24H,9-15H2,1H3,(H2,25,30)(H,26,33)(H,27,31)(H,28,32). The van der Waals surface area contributed by atoms with E-state index in [1.54, 1.807) is 0 Å². The molecule has 11 nitrogen and oxygen atoms in total. The summed E-state index contributed by atoms with van der Waals surface area (Å²) in [4.78, 5) is 51.3. The van der Waals surface area contributed by atoms with Gasteiger partial charge in [0.2, 0.25) is 23.9 Å². The number of amides is 4. The van der Waals surface area contributed by atoms with Crippen molar-refractivity contribution in [3.05, 3.63) is 48.0 Å². The van der Waals surface area contributed by atoms with Gasteiger partial charge in [-0.2, -0.15) is 0 Å². The van der Waals surface area contributed by atoms with Gasteiger partial charge in [-0.3, -0.25) is 24.1 Å². The van der Waals surface area contributed by atoms with Gasteiger partial charge in [-0.25, -0.2) is 0 Å². The third-order valence-electron chi connectivity index (χ3n) is 5.61. The summed E-state index contributed by atoms with van der Waals surface area (Å²) in [5, 5.41) is 9.73. The first kappa shape index (κ1) is 26.1. The van der Waals surface area contributed by atoms with Crippen LogP contribution in [0.25, 0.3) is 10.8 Å². The number of nitrogens with one attached hydrogen (secondary N) is 3. The van der Waals surface area contributed by atoms with E-state index in [0.29, 0.717) is 26.3 Å². The van der Waals surface area contributed by atoms with Gasteiger partial charge in [-0.15, -0.1) is 0 Å². The van der Waals surface area contributed by atoms with Gasteiger partial charge in [0.05, 0.1) is 26.2 Å². The van der Waals surface area contributed by atoms with Crippen molar-refractivity contribution in [1.82, 2.24) is 20.9 Å². The zero-order valence-electron chi connectivity index (χ0n) is 19.6. The number of ether oxygens (including phenoxy) is 2. The van der Waals surface area contributed by atoms with Gasteiger partial charge >= 0.3 is 0 Å². The molecule has 0 spiro atoms. The van der Waals surface area contributed by atoms with Gasteiger partial charge in [0, 0.05) is 26.7 Å². The molecule has 0 aliphatic carbocycles. The van der Waals surface area contributed by atoms with Crippen molar-refractivity contribution in [3.63, 3.8) is 0 Å². The van der Waals surface area contributed by atoms with Gasteiger partial charge in [0.15, 0.2) is 0 Å². The Morgan fingerprint density at radius 2 is 1.74 bits per heavy atom. The highest BCUT2D eigenvalue weighted by atomic mass is 16.5. The van der Waals surface area contributed by atoms with Gasteiger partial charge < -0.3 is 31.2 Å². The van der Waals surface area contributed by atoms with Gasteiger partial charge in [-0.1, -0.05) is 42.5 Å². The minimum atomic E-state index is -1.33. The molecule has 0 saturated carbocycles. The molecule has 1 aliphatic heterocycles. The molecule has 0 aromatic heterocycles. The van der Waals surface area contributed by atoms with E-state index in [2.05, 4.69) is 16.0 Å². The van der Waals surface area contributed by atoms with Crippen LogP contribution in [0.2, 0.25) is 0 Å². The number of benzene rings is 2. The SMILES string of the molecule is COC(NC(=O)C(CC(N)=O)NC(=O)CN1CCOCC1)C(=O)NCc1cccc2ccccc12. The van der Waals surface area contributed by atoms with E-state index >= 15 is 0 Å². The molecule has 0 radical (unpaired) electrons. The minimum absolute atomic E-state index is 0.0468. The molecule has 2 unspecified atom stereocenters. The van der Waals surface area contributed by atoms with Gasteiger partial charge in [0.1, 0.15) is 6.04 Å². The molecule has 0 bridgehead atoms. The number of nitrogens with zero attached hydrogens (tertiary/aromatic N) is 1. The Labute approximate surface area is 203 Å². The van der Waals surface area contributed by atoms with E-state index in [1.807, 2.05) is 47.4 Å². The maximum absolute atomic E-state index is 12.8. The summed E-state index contributed by atoms with van der Waals surface area (Å²) in [6.07, 6.45) is -1.75. The minimum Gasteiger partial charge on any atom is -0.379 e. The lowest BCUT2D eigenvalue weighted by molar-refractivity contribution is -0.141. The van der Waals surface area contributed by atoms with Crippen molar-refractivity contribution in [3.8, 4) is 0 Å². The Bertz CT molecular complexity index is 1050. The van der Waals surface area contributed by atoms with Crippen molar-refractivity contribution < 1.29 is 28.7 Å². The molecule has 2 aromatic rings. The van der Waals surface area contributed by atoms with Crippen molar-refractivity contribution >= 4 is 34.4 Å². The van der Waals surface area contributed by atoms with E-state index in [-0.39, 0.29) is 13.1 Å². The molecule has 3 rings (SSSR count). The largest absolute Gasteiger partial charge is 0.379 e. The van der Waals surface area contributed by atoms with Crippen LogP contribution in [0.1, 0.15) is 12.0 Å². The maximum atomic E-state index is 12.8. The van der Waals surface area contributed by atoms with Crippen LogP contribution >= 0.6 is 0 Å². The number of morpholine rings is 1. The van der Waals surface area contributed by atoms with E-state index in [4.69, 9.17) is 15.2 Å². The maximum Gasteiger partial charge on any atom is 0.270 e. The Hall–Kier alpha value is -3.54. The average molecular weight is 486 g/mol. The molecular formula is C24H31N5O6. The monoisotopic (exact) mass is 485 g/mol. The van der Waals surface area contributed by atoms with E-state index in [1.165, 1.54) is 7.11 Å². The lowest BCUT2D eigenvalue weighted by Crippen LogP contribution is -2.56. The Morgan fingerprint density at radius 1 is 1.03 bits per heavy atom. The summed E-state index contributed by atoms with van der Waals surface area (Å²) in [6, 6.07) is 12.3. The number of primary amides is 1. The van der Waals surface area contributed by atoms with Crippen LogP contribution in [0.3, 0.4) is 0 Å². The summed E-state index contributed by atoms with van der Waals surface area (Å²) in [7, 11) is 1.27. The second kappa shape index (κ2) is 12.8. The zero-order valence-corrected chi connectivity index (χ0v) is 19.6. The number of hydrogen-bond donors (Lipinski definition) is 4. The highest BCUT2D eigenvalue weighted by Crippen LogP contribution is 2.18. The molecule has 2 aromatic carbocycles. The van der Waals surface area contributed by atoms with Crippen molar-refractivity contribution in [2.24, 2.45) is 5.73 Å². The Morgan fingerprint density at radius 3 is 2.46 bits per heavy atom. The highest BCUT2D eigenvalue weighted by molar-refractivity contribution is 5.94. The molecule has 35 heavy (non-hydrogen) atoms. The van der Waals surface area contributed by atoms with Crippen LogP contribution in [0.5, 0.6) is 0 Å². The molecule has 11 heteroatoms. The second-order valence-electron chi connectivity index (χ2n) is 8.16. The third-order valence-corrected chi connectivity index (χ3v) is 5.61. The molecule has 1 saturated heterocycles. The smallest absolute Gasteiger partial charge is 0.270 e. The van der Waals surface area contributed by atoms with Crippen molar-refractivity contribution in [2.45, 2.75) is 25.2 Å². The number of nitrogens with two attached hydrogens (primary N) is 1. The van der Waals surface area contributed by atoms with Crippen LogP contribution < -0.4 is 21.7 Å². The second-order valence-corrected chi connectivity index (χ2v) is 8.16. The summed E-state index contributed by atoms with van der Waals surface area (Å²) in [6.45, 7) is 2.47. The van der Waals surface area contributed by atoms with Crippen LogP contribution in [0.15, 0.2) is 42.5 Å². The highest BCUT2D eigenvalue weighted by Gasteiger charge is 2.28. The fraction of sp³-hybridized carbons (Fsp3) is 0.417. The third kappa shape index (κ3) is 7.74. The molecule has 188 valence electrons. The number of rotatable bonds is 11. The summed E-state index contributed by atoms with van der Waals surface area (Å²) < 4.78 is 10.4. The fourth-order valence-corrected chi connectivity index (χ4v) is 3.80. The summed E-state index contributed by atoms with van der Waals surface area (Å²) in [5.41, 5.74) is 6.17.